The standard InChI is InChI=1S/C7H8F3NO4/c1-2(12)15-6-3(5(14)11-6)4(13)7(8,9)10/h3-4,6,13H,1H3,(H,11,14)/t3-,4-,6+/m0/s1. The minimum Gasteiger partial charge on any atom is -0.441 e. The van der Waals surface area contributed by atoms with Crippen LogP contribution in [0, 0.1) is 5.92 Å². The van der Waals surface area contributed by atoms with Crippen LogP contribution in [0.5, 0.6) is 0 Å². The van der Waals surface area contributed by atoms with Crippen LogP contribution in [0.25, 0.3) is 0 Å². The number of aliphatic hydroxyl groups excluding tert-OH is 1. The first-order chi connectivity index (χ1) is 6.73. The molecule has 0 aromatic carbocycles. The number of carbonyl (C=O) groups excluding carboxylic acids is 2. The van der Waals surface area contributed by atoms with Crippen LogP contribution in [0.2, 0.25) is 0 Å². The highest BCUT2D eigenvalue weighted by atomic mass is 19.4. The molecule has 0 radical (unpaired) electrons. The van der Waals surface area contributed by atoms with Crippen LogP contribution in [-0.4, -0.2) is 35.5 Å². The second-order valence-electron chi connectivity index (χ2n) is 3.05. The number of nitrogens with one attached hydrogen (secondary N) is 1. The molecule has 1 aliphatic rings. The fourth-order valence-corrected chi connectivity index (χ4v) is 1.16. The minimum absolute atomic E-state index is 0.834. The third-order valence-electron chi connectivity index (χ3n) is 1.88. The van der Waals surface area contributed by atoms with Crippen molar-refractivity contribution < 1.29 is 32.6 Å². The summed E-state index contributed by atoms with van der Waals surface area (Å²) in [6, 6.07) is 0. The normalized spacial score (nSPS) is 27.7. The Bertz CT molecular complexity index is 290. The highest BCUT2D eigenvalue weighted by molar-refractivity contribution is 5.86. The van der Waals surface area contributed by atoms with Gasteiger partial charge in [0.05, 0.1) is 0 Å². The van der Waals surface area contributed by atoms with Crippen molar-refractivity contribution in [3.8, 4) is 0 Å². The van der Waals surface area contributed by atoms with E-state index in [1.54, 1.807) is 0 Å². The number of β-lactam (4-membered cyclic amide) rings is 1. The molecule has 0 aromatic rings. The van der Waals surface area contributed by atoms with Crippen molar-refractivity contribution in [2.75, 3.05) is 0 Å². The van der Waals surface area contributed by atoms with Crippen molar-refractivity contribution in [2.45, 2.75) is 25.4 Å². The largest absolute Gasteiger partial charge is 0.441 e. The molecule has 0 unspecified atom stereocenters. The number of carbonyl (C=O) groups is 2. The van der Waals surface area contributed by atoms with E-state index in [4.69, 9.17) is 5.11 Å². The molecule has 0 aromatic heterocycles. The van der Waals surface area contributed by atoms with E-state index >= 15 is 0 Å². The van der Waals surface area contributed by atoms with Crippen LogP contribution >= 0.6 is 0 Å². The Morgan fingerprint density at radius 1 is 1.60 bits per heavy atom. The molecule has 86 valence electrons. The fourth-order valence-electron chi connectivity index (χ4n) is 1.16. The molecule has 1 aliphatic heterocycles. The molecule has 8 heteroatoms. The van der Waals surface area contributed by atoms with Crippen molar-refractivity contribution in [3.05, 3.63) is 0 Å². The van der Waals surface area contributed by atoms with Gasteiger partial charge in [-0.1, -0.05) is 0 Å². The lowest BCUT2D eigenvalue weighted by molar-refractivity contribution is -0.242. The van der Waals surface area contributed by atoms with E-state index in [9.17, 15) is 22.8 Å². The molecule has 1 heterocycles. The average molecular weight is 227 g/mol. The lowest BCUT2D eigenvalue weighted by Gasteiger charge is -2.38. The van der Waals surface area contributed by atoms with E-state index in [0.29, 0.717) is 0 Å². The van der Waals surface area contributed by atoms with Crippen molar-refractivity contribution in [1.29, 1.82) is 0 Å². The Labute approximate surface area is 82.2 Å². The van der Waals surface area contributed by atoms with E-state index in [1.807, 2.05) is 5.32 Å². The number of alkyl halides is 3. The van der Waals surface area contributed by atoms with Crippen LogP contribution < -0.4 is 5.32 Å². The molecule has 0 bridgehead atoms. The summed E-state index contributed by atoms with van der Waals surface area (Å²) in [4.78, 5) is 21.2. The van der Waals surface area contributed by atoms with Gasteiger partial charge >= 0.3 is 12.1 Å². The molecule has 2 N–H and O–H groups in total. The quantitative estimate of drug-likeness (QED) is 0.494. The van der Waals surface area contributed by atoms with Gasteiger partial charge in [-0.2, -0.15) is 13.2 Å². The van der Waals surface area contributed by atoms with Gasteiger partial charge in [0.1, 0.15) is 5.92 Å². The van der Waals surface area contributed by atoms with Crippen molar-refractivity contribution >= 4 is 11.9 Å². The molecular weight excluding hydrogens is 219 g/mol. The Hall–Kier alpha value is -1.31. The summed E-state index contributed by atoms with van der Waals surface area (Å²) in [6.45, 7) is 0.988. The third kappa shape index (κ3) is 2.38. The maximum absolute atomic E-state index is 12.0. The number of esters is 1. The zero-order valence-corrected chi connectivity index (χ0v) is 7.54. The molecule has 1 amide bonds. The van der Waals surface area contributed by atoms with Gasteiger partial charge in [0.15, 0.2) is 12.3 Å². The highest BCUT2D eigenvalue weighted by Gasteiger charge is 2.56. The van der Waals surface area contributed by atoms with Gasteiger partial charge in [0, 0.05) is 6.92 Å². The molecule has 5 nitrogen and oxygen atoms in total. The second-order valence-corrected chi connectivity index (χ2v) is 3.05. The maximum Gasteiger partial charge on any atom is 0.415 e. The van der Waals surface area contributed by atoms with Gasteiger partial charge < -0.3 is 15.2 Å². The van der Waals surface area contributed by atoms with Crippen LogP contribution in [0.1, 0.15) is 6.92 Å². The number of hydrogen-bond donors (Lipinski definition) is 2. The first kappa shape index (κ1) is 11.8. The Kier molecular flexibility index (Phi) is 2.89. The van der Waals surface area contributed by atoms with Crippen LogP contribution in [0.4, 0.5) is 13.2 Å². The number of amides is 1. The van der Waals surface area contributed by atoms with E-state index < -0.39 is 36.3 Å². The van der Waals surface area contributed by atoms with E-state index in [-0.39, 0.29) is 0 Å². The van der Waals surface area contributed by atoms with Crippen LogP contribution in [0.3, 0.4) is 0 Å². The summed E-state index contributed by atoms with van der Waals surface area (Å²) in [6.07, 6.45) is -9.15. The van der Waals surface area contributed by atoms with Gasteiger partial charge in [-0.15, -0.1) is 0 Å². The molecule has 3 atom stereocenters. The summed E-state index contributed by atoms with van der Waals surface area (Å²) < 4.78 is 40.5. The smallest absolute Gasteiger partial charge is 0.415 e. The summed E-state index contributed by atoms with van der Waals surface area (Å²) in [5.74, 6) is -3.61. The molecule has 0 spiro atoms. The molecule has 0 saturated carbocycles. The SMILES string of the molecule is CC(=O)O[C@H]1NC(=O)[C@@H]1[C@H](O)C(F)(F)F. The van der Waals surface area contributed by atoms with Gasteiger partial charge in [0.25, 0.3) is 0 Å². The minimum atomic E-state index is -4.92. The number of halogens is 3. The van der Waals surface area contributed by atoms with Crippen LogP contribution in [0.15, 0.2) is 0 Å². The van der Waals surface area contributed by atoms with Gasteiger partial charge in [-0.05, 0) is 0 Å². The van der Waals surface area contributed by atoms with Crippen LogP contribution in [-0.2, 0) is 14.3 Å². The predicted octanol–water partition coefficient (Wildman–Crippen LogP) is -0.455. The summed E-state index contributed by atoms with van der Waals surface area (Å²) >= 11 is 0. The highest BCUT2D eigenvalue weighted by Crippen LogP contribution is 2.31. The van der Waals surface area contributed by atoms with E-state index in [1.165, 1.54) is 0 Å². The van der Waals surface area contributed by atoms with E-state index in [0.717, 1.165) is 6.92 Å². The first-order valence-electron chi connectivity index (χ1n) is 3.96. The number of ether oxygens (including phenoxy) is 1. The zero-order valence-electron chi connectivity index (χ0n) is 7.54. The number of aliphatic hydroxyl groups is 1. The third-order valence-corrected chi connectivity index (χ3v) is 1.88. The molecule has 1 saturated heterocycles. The Balaban J connectivity index is 2.67. The Morgan fingerprint density at radius 3 is 2.47 bits per heavy atom. The van der Waals surface area contributed by atoms with Crippen molar-refractivity contribution in [3.63, 3.8) is 0 Å². The predicted molar refractivity (Wildman–Crippen MR) is 39.2 cm³/mol. The second kappa shape index (κ2) is 3.69. The lowest BCUT2D eigenvalue weighted by atomic mass is 9.92. The molecular formula is C7H8F3NO4. The monoisotopic (exact) mass is 227 g/mol. The molecule has 0 aliphatic carbocycles. The number of hydrogen-bond acceptors (Lipinski definition) is 4. The first-order valence-corrected chi connectivity index (χ1v) is 3.96. The van der Waals surface area contributed by atoms with Gasteiger partial charge in [-0.25, -0.2) is 0 Å². The average Bonchev–Trinajstić information content (AvgIpc) is 2.00. The summed E-state index contributed by atoms with van der Waals surface area (Å²) in [5.41, 5.74) is 0. The van der Waals surface area contributed by atoms with Gasteiger partial charge in [-0.3, -0.25) is 9.59 Å². The zero-order chi connectivity index (χ0) is 11.8. The fraction of sp³-hybridized carbons (Fsp3) is 0.714. The summed E-state index contributed by atoms with van der Waals surface area (Å²) in [5, 5.41) is 10.7. The van der Waals surface area contributed by atoms with E-state index in [2.05, 4.69) is 4.74 Å². The van der Waals surface area contributed by atoms with Gasteiger partial charge in [0.2, 0.25) is 5.91 Å². The topological polar surface area (TPSA) is 75.6 Å². The molecule has 1 fully saturated rings. The van der Waals surface area contributed by atoms with Crippen molar-refractivity contribution in [2.24, 2.45) is 5.92 Å². The van der Waals surface area contributed by atoms with Crippen molar-refractivity contribution in [1.82, 2.24) is 5.32 Å². The maximum atomic E-state index is 12.0. The Morgan fingerprint density at radius 2 is 2.13 bits per heavy atom. The summed E-state index contributed by atoms with van der Waals surface area (Å²) in [7, 11) is 0. The lowest BCUT2D eigenvalue weighted by Crippen LogP contribution is -2.66. The number of rotatable bonds is 2. The molecule has 1 rings (SSSR count). The molecule has 15 heavy (non-hydrogen) atoms.